The van der Waals surface area contributed by atoms with Crippen LogP contribution in [0, 0.1) is 5.92 Å². The average Bonchev–Trinajstić information content (AvgIpc) is 2.77. The molecule has 2 aliphatic rings. The van der Waals surface area contributed by atoms with Crippen LogP contribution in [-0.4, -0.2) is 36.1 Å². The molecule has 0 spiro atoms. The van der Waals surface area contributed by atoms with Crippen molar-refractivity contribution in [3.05, 3.63) is 33.9 Å². The van der Waals surface area contributed by atoms with Crippen molar-refractivity contribution in [2.75, 3.05) is 20.1 Å². The molecule has 3 N–H and O–H groups in total. The number of nitrogens with one attached hydrogen (secondary N) is 1. The second-order valence-corrected chi connectivity index (χ2v) is 7.14. The van der Waals surface area contributed by atoms with Crippen LogP contribution in [0.1, 0.15) is 23.5 Å². The Kier molecular flexibility index (Phi) is 2.95. The van der Waals surface area contributed by atoms with Gasteiger partial charge in [0.1, 0.15) is 0 Å². The number of rotatable bonds is 1. The number of H-pyrrole nitrogens is 1. The summed E-state index contributed by atoms with van der Waals surface area (Å²) in [6.45, 7) is 1.93. The monoisotopic (exact) mass is 333 g/mol. The zero-order valence-electron chi connectivity index (χ0n) is 11.7. The number of fused-ring (bicyclic) bond motifs is 2. The van der Waals surface area contributed by atoms with Crippen LogP contribution < -0.4 is 5.73 Å². The zero-order valence-corrected chi connectivity index (χ0v) is 13.3. The maximum Gasteiger partial charge on any atom is 0.0864 e. The van der Waals surface area contributed by atoms with E-state index >= 15 is 0 Å². The van der Waals surface area contributed by atoms with Crippen molar-refractivity contribution in [2.24, 2.45) is 11.7 Å². The van der Waals surface area contributed by atoms with E-state index in [0.29, 0.717) is 17.9 Å². The molecule has 1 unspecified atom stereocenters. The summed E-state index contributed by atoms with van der Waals surface area (Å²) in [5, 5.41) is 1.45. The summed E-state index contributed by atoms with van der Waals surface area (Å²) in [4.78, 5) is 6.00. The van der Waals surface area contributed by atoms with E-state index in [1.54, 1.807) is 0 Å². The van der Waals surface area contributed by atoms with E-state index in [9.17, 15) is 0 Å². The Balaban J connectivity index is 1.89. The van der Waals surface area contributed by atoms with Crippen molar-refractivity contribution in [3.63, 3.8) is 0 Å². The lowest BCUT2D eigenvalue weighted by molar-refractivity contribution is 0.115. The number of nitrogens with two attached hydrogens (primary N) is 1. The van der Waals surface area contributed by atoms with Crippen LogP contribution >= 0.6 is 15.9 Å². The number of likely N-dealkylation sites (N-methyl/N-ethyl adjacent to an activating group) is 1. The van der Waals surface area contributed by atoms with Crippen molar-refractivity contribution >= 4 is 26.8 Å². The van der Waals surface area contributed by atoms with Gasteiger partial charge in [-0.2, -0.15) is 0 Å². The van der Waals surface area contributed by atoms with E-state index in [4.69, 9.17) is 5.73 Å². The number of aromatic amines is 1. The summed E-state index contributed by atoms with van der Waals surface area (Å²) in [5.74, 6) is 1.25. The summed E-state index contributed by atoms with van der Waals surface area (Å²) in [6.07, 6.45) is 2.36. The highest BCUT2D eigenvalue weighted by Gasteiger charge is 2.39. The number of hydrogen-bond acceptors (Lipinski definition) is 2. The van der Waals surface area contributed by atoms with Crippen LogP contribution in [0.4, 0.5) is 0 Å². The number of benzene rings is 1. The summed E-state index contributed by atoms with van der Waals surface area (Å²) < 4.78 is 1.16. The summed E-state index contributed by atoms with van der Waals surface area (Å²) in [7, 11) is 2.26. The fraction of sp³-hybridized carbons (Fsp3) is 0.500. The Labute approximate surface area is 127 Å². The molecule has 2 aromatic rings. The molecule has 106 valence electrons. The van der Waals surface area contributed by atoms with Crippen molar-refractivity contribution in [3.8, 4) is 0 Å². The molecule has 3 atom stereocenters. The molecule has 1 aliphatic carbocycles. The van der Waals surface area contributed by atoms with Gasteiger partial charge in [0.2, 0.25) is 0 Å². The van der Waals surface area contributed by atoms with Crippen molar-refractivity contribution in [1.82, 2.24) is 9.88 Å². The lowest BCUT2D eigenvalue weighted by atomic mass is 9.72. The highest BCUT2D eigenvalue weighted by Crippen LogP contribution is 2.45. The third kappa shape index (κ3) is 1.71. The van der Waals surface area contributed by atoms with Gasteiger partial charge in [0.15, 0.2) is 0 Å². The van der Waals surface area contributed by atoms with Gasteiger partial charge in [-0.05, 0) is 65.5 Å². The van der Waals surface area contributed by atoms with Gasteiger partial charge in [0, 0.05) is 29.4 Å². The topological polar surface area (TPSA) is 45.0 Å². The summed E-state index contributed by atoms with van der Waals surface area (Å²) in [5.41, 5.74) is 10.2. The Morgan fingerprint density at radius 1 is 1.45 bits per heavy atom. The van der Waals surface area contributed by atoms with Gasteiger partial charge in [-0.15, -0.1) is 0 Å². The molecule has 1 aromatic carbocycles. The zero-order chi connectivity index (χ0) is 13.9. The van der Waals surface area contributed by atoms with E-state index in [0.717, 1.165) is 24.1 Å². The maximum atomic E-state index is 5.94. The van der Waals surface area contributed by atoms with Crippen molar-refractivity contribution < 1.29 is 0 Å². The Bertz CT molecular complexity index is 663. The summed E-state index contributed by atoms with van der Waals surface area (Å²) in [6, 6.07) is 7.29. The molecule has 1 aliphatic heterocycles. The van der Waals surface area contributed by atoms with Crippen LogP contribution in [0.25, 0.3) is 10.9 Å². The molecule has 0 saturated carbocycles. The van der Waals surface area contributed by atoms with Gasteiger partial charge in [0.25, 0.3) is 0 Å². The number of piperidine rings is 1. The molecule has 20 heavy (non-hydrogen) atoms. The molecule has 0 amide bonds. The molecule has 0 radical (unpaired) electrons. The molecular weight excluding hydrogens is 314 g/mol. The SMILES string of the molecule is CN1CC(CN)C[C@@H]2c3cccc4[nH]c(Br)c(c34)C[C@H]21. The van der Waals surface area contributed by atoms with Crippen molar-refractivity contribution in [2.45, 2.75) is 24.8 Å². The number of aromatic nitrogens is 1. The third-order valence-corrected chi connectivity index (χ3v) is 5.89. The molecular formula is C16H20BrN3. The Morgan fingerprint density at radius 2 is 2.30 bits per heavy atom. The van der Waals surface area contributed by atoms with Crippen LogP contribution in [0.2, 0.25) is 0 Å². The Morgan fingerprint density at radius 3 is 3.10 bits per heavy atom. The quantitative estimate of drug-likeness (QED) is 0.842. The van der Waals surface area contributed by atoms with Crippen LogP contribution in [0.15, 0.2) is 22.8 Å². The predicted molar refractivity (Wildman–Crippen MR) is 86.0 cm³/mol. The van der Waals surface area contributed by atoms with Gasteiger partial charge in [-0.3, -0.25) is 0 Å². The van der Waals surface area contributed by atoms with Gasteiger partial charge in [-0.1, -0.05) is 12.1 Å². The van der Waals surface area contributed by atoms with Crippen LogP contribution in [0.5, 0.6) is 0 Å². The maximum absolute atomic E-state index is 5.94. The molecule has 2 heterocycles. The molecule has 0 bridgehead atoms. The third-order valence-electron chi connectivity index (χ3n) is 5.22. The van der Waals surface area contributed by atoms with E-state index in [-0.39, 0.29) is 0 Å². The first-order valence-electron chi connectivity index (χ1n) is 7.38. The van der Waals surface area contributed by atoms with Gasteiger partial charge >= 0.3 is 0 Å². The lowest BCUT2D eigenvalue weighted by Crippen LogP contribution is -2.49. The number of halogens is 1. The number of hydrogen-bond donors (Lipinski definition) is 2. The van der Waals surface area contributed by atoms with Crippen LogP contribution in [0.3, 0.4) is 0 Å². The normalized spacial score (nSPS) is 29.6. The molecule has 1 aromatic heterocycles. The van der Waals surface area contributed by atoms with Gasteiger partial charge in [0.05, 0.1) is 4.60 Å². The van der Waals surface area contributed by atoms with Crippen molar-refractivity contribution in [1.29, 1.82) is 0 Å². The van der Waals surface area contributed by atoms with Gasteiger partial charge < -0.3 is 15.6 Å². The largest absolute Gasteiger partial charge is 0.349 e. The number of nitrogens with zero attached hydrogens (tertiary/aromatic N) is 1. The summed E-state index contributed by atoms with van der Waals surface area (Å²) >= 11 is 3.71. The first-order valence-corrected chi connectivity index (χ1v) is 8.17. The highest BCUT2D eigenvalue weighted by molar-refractivity contribution is 9.10. The van der Waals surface area contributed by atoms with E-state index in [1.807, 2.05) is 0 Å². The minimum absolute atomic E-state index is 0.614. The van der Waals surface area contributed by atoms with E-state index < -0.39 is 0 Å². The fourth-order valence-electron chi connectivity index (χ4n) is 4.27. The molecule has 3 nitrogen and oxygen atoms in total. The fourth-order valence-corrected chi connectivity index (χ4v) is 4.84. The van der Waals surface area contributed by atoms with Crippen LogP contribution in [-0.2, 0) is 6.42 Å². The first-order chi connectivity index (χ1) is 9.69. The highest BCUT2D eigenvalue weighted by atomic mass is 79.9. The minimum Gasteiger partial charge on any atom is -0.349 e. The second-order valence-electron chi connectivity index (χ2n) is 6.34. The first kappa shape index (κ1) is 12.9. The van der Waals surface area contributed by atoms with E-state index in [1.165, 1.54) is 28.5 Å². The molecule has 4 heteroatoms. The minimum atomic E-state index is 0.614. The molecule has 1 fully saturated rings. The molecule has 1 saturated heterocycles. The predicted octanol–water partition coefficient (Wildman–Crippen LogP) is 2.85. The lowest BCUT2D eigenvalue weighted by Gasteiger charge is -2.45. The van der Waals surface area contributed by atoms with Gasteiger partial charge in [-0.25, -0.2) is 0 Å². The number of likely N-dealkylation sites (tertiary alicyclic amines) is 1. The van der Waals surface area contributed by atoms with E-state index in [2.05, 4.69) is 51.1 Å². The molecule has 4 rings (SSSR count). The smallest absolute Gasteiger partial charge is 0.0864 e. The second kappa shape index (κ2) is 4.58. The average molecular weight is 334 g/mol. The Hall–Kier alpha value is -0.840. The standard InChI is InChI=1S/C16H20BrN3/c1-20-8-9(7-18)5-11-10-3-2-4-13-15(10)12(6-14(11)20)16(17)19-13/h2-4,9,11,14,19H,5-8,18H2,1H3/t9?,11-,14-/m1/s1.